The van der Waals surface area contributed by atoms with Crippen molar-refractivity contribution in [1.29, 1.82) is 0 Å². The highest BCUT2D eigenvalue weighted by Gasteiger charge is 2.59. The van der Waals surface area contributed by atoms with Crippen LogP contribution >= 0.6 is 11.6 Å². The van der Waals surface area contributed by atoms with Crippen molar-refractivity contribution in [2.45, 2.75) is 76.3 Å². The first-order valence-corrected chi connectivity index (χ1v) is 12.0. The Labute approximate surface area is 185 Å². The quantitative estimate of drug-likeness (QED) is 0.529. The van der Waals surface area contributed by atoms with Crippen LogP contribution in [0.25, 0.3) is 0 Å². The van der Waals surface area contributed by atoms with Crippen molar-refractivity contribution in [1.82, 2.24) is 5.32 Å². The van der Waals surface area contributed by atoms with E-state index in [1.54, 1.807) is 12.1 Å². The molecule has 0 radical (unpaired) electrons. The van der Waals surface area contributed by atoms with Gasteiger partial charge in [-0.15, -0.1) is 0 Å². The third-order valence-corrected chi connectivity index (χ3v) is 8.75. The van der Waals surface area contributed by atoms with Gasteiger partial charge in [0.2, 0.25) is 0 Å². The first-order valence-electron chi connectivity index (χ1n) is 11.6. The normalized spacial score (nSPS) is 34.1. The summed E-state index contributed by atoms with van der Waals surface area (Å²) >= 11 is 6.20. The molecule has 4 saturated carbocycles. The first kappa shape index (κ1) is 20.5. The number of benzene rings is 2. The van der Waals surface area contributed by atoms with E-state index in [4.69, 9.17) is 11.6 Å². The van der Waals surface area contributed by atoms with Crippen LogP contribution in [0.2, 0.25) is 5.02 Å². The Kier molecular flexibility index (Phi) is 5.22. The van der Waals surface area contributed by atoms with E-state index in [-0.39, 0.29) is 11.9 Å². The minimum absolute atomic E-state index is 0.0877. The van der Waals surface area contributed by atoms with Gasteiger partial charge in [0.1, 0.15) is 5.82 Å². The molecule has 1 N–H and O–H groups in total. The van der Waals surface area contributed by atoms with Crippen molar-refractivity contribution >= 4 is 11.6 Å². The Balaban J connectivity index is 1.36. The van der Waals surface area contributed by atoms with Gasteiger partial charge in [0, 0.05) is 17.1 Å². The second-order valence-electron chi connectivity index (χ2n) is 10.7. The molecular weight excluding hydrogens is 393 g/mol. The summed E-state index contributed by atoms with van der Waals surface area (Å²) < 4.78 is 14.1. The third kappa shape index (κ3) is 3.60. The lowest BCUT2D eigenvalue weighted by atomic mass is 9.41. The molecule has 0 aromatic heterocycles. The van der Waals surface area contributed by atoms with Gasteiger partial charge in [-0.1, -0.05) is 41.9 Å². The molecule has 4 bridgehead atoms. The van der Waals surface area contributed by atoms with Crippen LogP contribution in [0.15, 0.2) is 48.5 Å². The maximum Gasteiger partial charge on any atom is 0.126 e. The van der Waals surface area contributed by atoms with Gasteiger partial charge in [0.25, 0.3) is 0 Å². The van der Waals surface area contributed by atoms with Crippen LogP contribution < -0.4 is 5.32 Å². The minimum Gasteiger partial charge on any atom is -0.311 e. The number of halogens is 2. The van der Waals surface area contributed by atoms with Crippen LogP contribution in [-0.2, 0) is 11.8 Å². The second-order valence-corrected chi connectivity index (χ2v) is 11.1. The molecule has 30 heavy (non-hydrogen) atoms. The fourth-order valence-electron chi connectivity index (χ4n) is 7.64. The lowest BCUT2D eigenvalue weighted by Crippen LogP contribution is -2.60. The van der Waals surface area contributed by atoms with Crippen LogP contribution in [0.3, 0.4) is 0 Å². The summed E-state index contributed by atoms with van der Waals surface area (Å²) in [4.78, 5) is 0. The summed E-state index contributed by atoms with van der Waals surface area (Å²) in [6, 6.07) is 16.6. The van der Waals surface area contributed by atoms with Gasteiger partial charge in [-0.25, -0.2) is 4.39 Å². The summed E-state index contributed by atoms with van der Waals surface area (Å²) in [6.07, 6.45) is 8.79. The molecule has 2 aromatic carbocycles. The molecule has 0 heterocycles. The largest absolute Gasteiger partial charge is 0.311 e. The second kappa shape index (κ2) is 7.64. The Morgan fingerprint density at radius 2 is 1.67 bits per heavy atom. The van der Waals surface area contributed by atoms with Crippen molar-refractivity contribution < 1.29 is 4.39 Å². The summed E-state index contributed by atoms with van der Waals surface area (Å²) in [5, 5.41) is 4.73. The van der Waals surface area contributed by atoms with E-state index in [9.17, 15) is 4.39 Å². The minimum atomic E-state index is -0.0877. The van der Waals surface area contributed by atoms with Crippen molar-refractivity contribution in [3.8, 4) is 0 Å². The smallest absolute Gasteiger partial charge is 0.126 e. The summed E-state index contributed by atoms with van der Waals surface area (Å²) in [6.45, 7) is 4.60. The topological polar surface area (TPSA) is 12.0 Å². The SMILES string of the molecule is C[C@H](Cc1ccccc1F)N[C@H](C)C12C[C@@H]3C[C@@H](CC(c4ccc(Cl)cc4)(C3)C1)C2. The lowest BCUT2D eigenvalue weighted by Gasteiger charge is -2.64. The molecule has 0 spiro atoms. The average Bonchev–Trinajstić information content (AvgIpc) is 2.69. The van der Waals surface area contributed by atoms with E-state index in [0.29, 0.717) is 16.9 Å². The molecule has 4 aliphatic rings. The molecule has 0 aliphatic heterocycles. The molecule has 6 atom stereocenters. The van der Waals surface area contributed by atoms with Gasteiger partial charge in [-0.3, -0.25) is 0 Å². The van der Waals surface area contributed by atoms with E-state index in [1.807, 2.05) is 12.1 Å². The molecular formula is C27H33ClFN. The molecule has 160 valence electrons. The number of rotatable bonds is 6. The molecule has 0 saturated heterocycles. The zero-order chi connectivity index (χ0) is 20.9. The van der Waals surface area contributed by atoms with Crippen LogP contribution in [0.5, 0.6) is 0 Å². The molecule has 3 heteroatoms. The predicted molar refractivity (Wildman–Crippen MR) is 122 cm³/mol. The Morgan fingerprint density at radius 1 is 1.00 bits per heavy atom. The monoisotopic (exact) mass is 425 g/mol. The van der Waals surface area contributed by atoms with Crippen LogP contribution in [0.4, 0.5) is 4.39 Å². The number of hydrogen-bond acceptors (Lipinski definition) is 1. The molecule has 4 aliphatic carbocycles. The summed E-state index contributed by atoms with van der Waals surface area (Å²) in [7, 11) is 0. The highest BCUT2D eigenvalue weighted by Crippen LogP contribution is 2.66. The zero-order valence-corrected chi connectivity index (χ0v) is 18.9. The molecule has 2 aromatic rings. The molecule has 1 nitrogen and oxygen atoms in total. The van der Waals surface area contributed by atoms with E-state index in [1.165, 1.54) is 44.1 Å². The third-order valence-electron chi connectivity index (χ3n) is 8.50. The Bertz CT molecular complexity index is 893. The molecule has 6 rings (SSSR count). The van der Waals surface area contributed by atoms with Gasteiger partial charge in [-0.05, 0) is 111 Å². The van der Waals surface area contributed by atoms with Gasteiger partial charge < -0.3 is 5.32 Å². The van der Waals surface area contributed by atoms with Crippen LogP contribution in [-0.4, -0.2) is 12.1 Å². The van der Waals surface area contributed by atoms with E-state index in [2.05, 4.69) is 43.4 Å². The van der Waals surface area contributed by atoms with Crippen molar-refractivity contribution in [2.24, 2.45) is 17.3 Å². The van der Waals surface area contributed by atoms with Crippen molar-refractivity contribution in [2.75, 3.05) is 0 Å². The Hall–Kier alpha value is -1.38. The zero-order valence-electron chi connectivity index (χ0n) is 18.1. The van der Waals surface area contributed by atoms with Crippen LogP contribution in [0, 0.1) is 23.1 Å². The lowest BCUT2D eigenvalue weighted by molar-refractivity contribution is -0.0893. The van der Waals surface area contributed by atoms with Crippen molar-refractivity contribution in [3.63, 3.8) is 0 Å². The number of hydrogen-bond donors (Lipinski definition) is 1. The van der Waals surface area contributed by atoms with Gasteiger partial charge in [0.05, 0.1) is 0 Å². The summed E-state index contributed by atoms with van der Waals surface area (Å²) in [5.74, 6) is 1.59. The highest BCUT2D eigenvalue weighted by atomic mass is 35.5. The van der Waals surface area contributed by atoms with E-state index < -0.39 is 0 Å². The van der Waals surface area contributed by atoms with Gasteiger partial charge >= 0.3 is 0 Å². The van der Waals surface area contributed by atoms with Crippen LogP contribution in [0.1, 0.15) is 63.5 Å². The fraction of sp³-hybridized carbons (Fsp3) is 0.556. The van der Waals surface area contributed by atoms with E-state index >= 15 is 0 Å². The Morgan fingerprint density at radius 3 is 2.33 bits per heavy atom. The van der Waals surface area contributed by atoms with Gasteiger partial charge in [-0.2, -0.15) is 0 Å². The molecule has 4 fully saturated rings. The molecule has 0 amide bonds. The van der Waals surface area contributed by atoms with Crippen molar-refractivity contribution in [3.05, 3.63) is 70.5 Å². The van der Waals surface area contributed by atoms with E-state index in [0.717, 1.165) is 28.8 Å². The highest BCUT2D eigenvalue weighted by molar-refractivity contribution is 6.30. The summed E-state index contributed by atoms with van der Waals surface area (Å²) in [5.41, 5.74) is 2.98. The maximum absolute atomic E-state index is 14.1. The maximum atomic E-state index is 14.1. The molecule has 2 unspecified atom stereocenters. The predicted octanol–water partition coefficient (Wildman–Crippen LogP) is 6.93. The average molecular weight is 426 g/mol. The van der Waals surface area contributed by atoms with Gasteiger partial charge in [0.15, 0.2) is 0 Å². The number of nitrogens with one attached hydrogen (secondary N) is 1. The first-order chi connectivity index (χ1) is 14.4. The standard InChI is InChI=1S/C27H33ClFN/c1-18(11-22-5-3-4-6-25(22)29)30-19(2)26-13-20-12-21(14-26)16-27(15-20,17-26)23-7-9-24(28)10-8-23/h3-10,18-21,30H,11-17H2,1-2H3/t18-,19-,20-,21+,26?,27?/m1/s1. The fourth-order valence-corrected chi connectivity index (χ4v) is 7.76.